The molecule has 1 aromatic heterocycles. The molecule has 0 unspecified atom stereocenters. The molecule has 0 radical (unpaired) electrons. The van der Waals surface area contributed by atoms with Gasteiger partial charge in [0, 0.05) is 18.7 Å². The van der Waals surface area contributed by atoms with E-state index in [9.17, 15) is 0 Å². The van der Waals surface area contributed by atoms with Crippen LogP contribution in [0, 0.1) is 6.92 Å². The largest absolute Gasteiger partial charge is 0.444 e. The number of nitrogens with one attached hydrogen (secondary N) is 2. The van der Waals surface area contributed by atoms with Crippen LogP contribution in [-0.2, 0) is 6.54 Å². The third-order valence-corrected chi connectivity index (χ3v) is 3.86. The molecule has 3 rings (SSSR count). The fourth-order valence-electron chi connectivity index (χ4n) is 2.51. The second-order valence-electron chi connectivity index (χ2n) is 5.72. The number of benzene rings is 1. The Morgan fingerprint density at radius 3 is 2.62 bits per heavy atom. The third kappa shape index (κ3) is 4.83. The molecule has 24 heavy (non-hydrogen) atoms. The summed E-state index contributed by atoms with van der Waals surface area (Å²) in [7, 11) is 1.78. The van der Waals surface area contributed by atoms with Crippen molar-refractivity contribution in [2.45, 2.75) is 32.4 Å². The maximum atomic E-state index is 5.57. The standard InChI is InChI=1S/C18H22N4O.HI/c1-13-7-9-14(10-8-13)17-21-16(12-23-17)11-20-18(19-2)22-15-5-3-4-6-15;/h3-4,7-10,12,15H,5-6,11H2,1-2H3,(H2,19,20,22);1H. The van der Waals surface area contributed by atoms with Crippen molar-refractivity contribution >= 4 is 29.9 Å². The van der Waals surface area contributed by atoms with Gasteiger partial charge in [-0.3, -0.25) is 4.99 Å². The summed E-state index contributed by atoms with van der Waals surface area (Å²) in [6.45, 7) is 2.64. The molecule has 0 saturated heterocycles. The fraction of sp³-hybridized carbons (Fsp3) is 0.333. The van der Waals surface area contributed by atoms with Gasteiger partial charge in [0.1, 0.15) is 6.26 Å². The zero-order valence-electron chi connectivity index (χ0n) is 14.0. The number of guanidine groups is 1. The zero-order valence-corrected chi connectivity index (χ0v) is 16.3. The highest BCUT2D eigenvalue weighted by Crippen LogP contribution is 2.19. The molecule has 5 nitrogen and oxygen atoms in total. The van der Waals surface area contributed by atoms with Gasteiger partial charge in [-0.2, -0.15) is 0 Å². The van der Waals surface area contributed by atoms with E-state index in [2.05, 4.69) is 51.8 Å². The van der Waals surface area contributed by atoms with Gasteiger partial charge in [0.15, 0.2) is 5.96 Å². The van der Waals surface area contributed by atoms with E-state index in [1.54, 1.807) is 13.3 Å². The molecule has 0 saturated carbocycles. The molecule has 0 spiro atoms. The van der Waals surface area contributed by atoms with E-state index in [1.165, 1.54) is 5.56 Å². The average molecular weight is 438 g/mol. The summed E-state index contributed by atoms with van der Waals surface area (Å²) in [6, 6.07) is 8.58. The van der Waals surface area contributed by atoms with Gasteiger partial charge in [-0.1, -0.05) is 29.8 Å². The predicted octanol–water partition coefficient (Wildman–Crippen LogP) is 3.65. The molecule has 1 heterocycles. The first-order chi connectivity index (χ1) is 11.2. The van der Waals surface area contributed by atoms with Crippen molar-refractivity contribution in [3.05, 3.63) is 53.9 Å². The molecule has 1 aliphatic carbocycles. The Labute approximate surface area is 159 Å². The monoisotopic (exact) mass is 438 g/mol. The van der Waals surface area contributed by atoms with Gasteiger partial charge in [0.05, 0.1) is 12.2 Å². The van der Waals surface area contributed by atoms with Crippen LogP contribution in [0.5, 0.6) is 0 Å². The number of halogens is 1. The van der Waals surface area contributed by atoms with Crippen LogP contribution < -0.4 is 10.6 Å². The lowest BCUT2D eigenvalue weighted by Crippen LogP contribution is -2.42. The summed E-state index contributed by atoms with van der Waals surface area (Å²) in [5.74, 6) is 1.43. The molecule has 1 aromatic carbocycles. The molecule has 0 fully saturated rings. The zero-order chi connectivity index (χ0) is 16.1. The van der Waals surface area contributed by atoms with E-state index in [4.69, 9.17) is 4.42 Å². The maximum Gasteiger partial charge on any atom is 0.226 e. The van der Waals surface area contributed by atoms with Crippen LogP contribution in [0.25, 0.3) is 11.5 Å². The van der Waals surface area contributed by atoms with Crippen LogP contribution in [0.3, 0.4) is 0 Å². The topological polar surface area (TPSA) is 62.5 Å². The molecule has 0 atom stereocenters. The van der Waals surface area contributed by atoms with Crippen molar-refractivity contribution in [3.8, 4) is 11.5 Å². The van der Waals surface area contributed by atoms with Crippen molar-refractivity contribution in [2.24, 2.45) is 4.99 Å². The Bertz CT molecular complexity index is 698. The smallest absolute Gasteiger partial charge is 0.226 e. The number of hydrogen-bond acceptors (Lipinski definition) is 3. The van der Waals surface area contributed by atoms with Gasteiger partial charge < -0.3 is 15.1 Å². The van der Waals surface area contributed by atoms with Crippen LogP contribution in [0.15, 0.2) is 52.1 Å². The molecule has 0 bridgehead atoms. The molecule has 2 aromatic rings. The molecule has 0 aliphatic heterocycles. The number of hydrogen-bond donors (Lipinski definition) is 2. The molecule has 128 valence electrons. The van der Waals surface area contributed by atoms with Crippen LogP contribution in [0.2, 0.25) is 0 Å². The van der Waals surface area contributed by atoms with Gasteiger partial charge >= 0.3 is 0 Å². The number of oxazole rings is 1. The molecular weight excluding hydrogens is 415 g/mol. The minimum absolute atomic E-state index is 0. The van der Waals surface area contributed by atoms with Gasteiger partial charge in [-0.05, 0) is 31.9 Å². The van der Waals surface area contributed by atoms with Crippen LogP contribution in [0.4, 0.5) is 0 Å². The van der Waals surface area contributed by atoms with E-state index >= 15 is 0 Å². The maximum absolute atomic E-state index is 5.57. The second kappa shape index (κ2) is 8.86. The van der Waals surface area contributed by atoms with Crippen LogP contribution in [-0.4, -0.2) is 24.0 Å². The Balaban J connectivity index is 0.00000208. The molecule has 1 aliphatic rings. The first kappa shape index (κ1) is 18.5. The van der Waals surface area contributed by atoms with Gasteiger partial charge in [-0.25, -0.2) is 4.98 Å². The highest BCUT2D eigenvalue weighted by atomic mass is 127. The number of aliphatic imine (C=N–C) groups is 1. The predicted molar refractivity (Wildman–Crippen MR) is 108 cm³/mol. The first-order valence-corrected chi connectivity index (χ1v) is 7.88. The van der Waals surface area contributed by atoms with E-state index in [-0.39, 0.29) is 24.0 Å². The lowest BCUT2D eigenvalue weighted by Gasteiger charge is -2.16. The van der Waals surface area contributed by atoms with Gasteiger partial charge in [-0.15, -0.1) is 24.0 Å². The number of aryl methyl sites for hydroxylation is 1. The quantitative estimate of drug-likeness (QED) is 0.331. The number of aromatic nitrogens is 1. The first-order valence-electron chi connectivity index (χ1n) is 7.88. The Hall–Kier alpha value is -1.83. The number of nitrogens with zero attached hydrogens (tertiary/aromatic N) is 2. The highest BCUT2D eigenvalue weighted by Gasteiger charge is 2.12. The van der Waals surface area contributed by atoms with E-state index in [1.807, 2.05) is 12.1 Å². The van der Waals surface area contributed by atoms with Crippen molar-refractivity contribution in [3.63, 3.8) is 0 Å². The summed E-state index contributed by atoms with van der Waals surface area (Å²) < 4.78 is 5.57. The van der Waals surface area contributed by atoms with Gasteiger partial charge in [0.2, 0.25) is 5.89 Å². The van der Waals surface area contributed by atoms with Crippen molar-refractivity contribution < 1.29 is 4.42 Å². The summed E-state index contributed by atoms with van der Waals surface area (Å²) in [4.78, 5) is 8.77. The number of rotatable bonds is 4. The normalized spacial score (nSPS) is 14.5. The molecule has 0 amide bonds. The van der Waals surface area contributed by atoms with Crippen molar-refractivity contribution in [1.82, 2.24) is 15.6 Å². The SMILES string of the molecule is CN=C(NCc1coc(-c2ccc(C)cc2)n1)NC1CC=CC1.I. The lowest BCUT2D eigenvalue weighted by atomic mass is 10.1. The van der Waals surface area contributed by atoms with Crippen LogP contribution >= 0.6 is 24.0 Å². The Kier molecular flexibility index (Phi) is 6.84. The van der Waals surface area contributed by atoms with E-state index in [0.717, 1.165) is 30.1 Å². The Morgan fingerprint density at radius 2 is 1.96 bits per heavy atom. The lowest BCUT2D eigenvalue weighted by molar-refractivity contribution is 0.571. The van der Waals surface area contributed by atoms with Crippen LogP contribution in [0.1, 0.15) is 24.1 Å². The second-order valence-corrected chi connectivity index (χ2v) is 5.72. The summed E-state index contributed by atoms with van der Waals surface area (Å²) in [5, 5.41) is 6.67. The fourth-order valence-corrected chi connectivity index (χ4v) is 2.51. The third-order valence-electron chi connectivity index (χ3n) is 3.86. The minimum atomic E-state index is 0. The summed E-state index contributed by atoms with van der Waals surface area (Å²) in [6.07, 6.45) is 8.16. The molecular formula is C18H23IN4O. The molecule has 2 N–H and O–H groups in total. The minimum Gasteiger partial charge on any atom is -0.444 e. The van der Waals surface area contributed by atoms with E-state index in [0.29, 0.717) is 18.5 Å². The summed E-state index contributed by atoms with van der Waals surface area (Å²) in [5.41, 5.74) is 3.06. The van der Waals surface area contributed by atoms with Gasteiger partial charge in [0.25, 0.3) is 0 Å². The highest BCUT2D eigenvalue weighted by molar-refractivity contribution is 14.0. The Morgan fingerprint density at radius 1 is 1.25 bits per heavy atom. The van der Waals surface area contributed by atoms with E-state index < -0.39 is 0 Å². The average Bonchev–Trinajstić information content (AvgIpc) is 3.24. The van der Waals surface area contributed by atoms with Crippen molar-refractivity contribution in [2.75, 3.05) is 7.05 Å². The molecule has 6 heteroatoms. The summed E-state index contributed by atoms with van der Waals surface area (Å²) >= 11 is 0. The van der Waals surface area contributed by atoms with Crippen molar-refractivity contribution in [1.29, 1.82) is 0 Å².